The third kappa shape index (κ3) is 2.99. The first-order chi connectivity index (χ1) is 7.97. The molecule has 0 atom stereocenters. The highest BCUT2D eigenvalue weighted by Crippen LogP contribution is 2.19. The van der Waals surface area contributed by atoms with Crippen LogP contribution in [-0.2, 0) is 4.79 Å². The van der Waals surface area contributed by atoms with Crippen LogP contribution in [0.2, 0.25) is 0 Å². The maximum Gasteiger partial charge on any atom is 0.315 e. The van der Waals surface area contributed by atoms with Crippen LogP contribution in [0.3, 0.4) is 0 Å². The quantitative estimate of drug-likeness (QED) is 0.845. The van der Waals surface area contributed by atoms with Crippen LogP contribution in [0.15, 0.2) is 18.2 Å². The molecular formula is C11H12F2N2O2. The summed E-state index contributed by atoms with van der Waals surface area (Å²) in [4.78, 5) is 22.3. The van der Waals surface area contributed by atoms with Gasteiger partial charge < -0.3 is 10.6 Å². The summed E-state index contributed by atoms with van der Waals surface area (Å²) in [6, 6.07) is 4.52. The summed E-state index contributed by atoms with van der Waals surface area (Å²) in [6.45, 7) is 1.58. The predicted molar refractivity (Wildman–Crippen MR) is 59.2 cm³/mol. The van der Waals surface area contributed by atoms with Crippen LogP contribution in [0.1, 0.15) is 15.9 Å². The fourth-order valence-corrected chi connectivity index (χ4v) is 1.34. The highest BCUT2D eigenvalue weighted by Gasteiger charge is 2.17. The minimum absolute atomic E-state index is 0.205. The molecule has 0 fully saturated rings. The van der Waals surface area contributed by atoms with Gasteiger partial charge in [-0.05, 0) is 24.6 Å². The molecule has 0 aliphatic rings. The molecule has 0 heterocycles. The van der Waals surface area contributed by atoms with Crippen molar-refractivity contribution >= 4 is 17.5 Å². The molecular weight excluding hydrogens is 230 g/mol. The molecule has 1 aromatic rings. The minimum Gasteiger partial charge on any atom is -0.355 e. The Kier molecular flexibility index (Phi) is 4.14. The number of rotatable bonds is 3. The van der Waals surface area contributed by atoms with Crippen molar-refractivity contribution in [3.8, 4) is 0 Å². The topological polar surface area (TPSA) is 58.2 Å². The summed E-state index contributed by atoms with van der Waals surface area (Å²) >= 11 is 0. The van der Waals surface area contributed by atoms with Crippen LogP contribution >= 0.6 is 0 Å². The Morgan fingerprint density at radius 2 is 1.94 bits per heavy atom. The van der Waals surface area contributed by atoms with Crippen molar-refractivity contribution in [3.05, 3.63) is 29.3 Å². The number of carbonyl (C=O) groups is 2. The van der Waals surface area contributed by atoms with E-state index < -0.39 is 12.3 Å². The number of hydrogen-bond donors (Lipinski definition) is 2. The summed E-state index contributed by atoms with van der Waals surface area (Å²) in [6.07, 6.45) is -3.09. The minimum atomic E-state index is -3.09. The second-order valence-electron chi connectivity index (χ2n) is 3.35. The van der Waals surface area contributed by atoms with E-state index in [9.17, 15) is 18.4 Å². The SMILES string of the molecule is CNC(=O)c1cccc(NC(=O)C(F)F)c1C. The Bertz CT molecular complexity index is 447. The van der Waals surface area contributed by atoms with Gasteiger partial charge in [-0.25, -0.2) is 0 Å². The average molecular weight is 242 g/mol. The Hall–Kier alpha value is -1.98. The Balaban J connectivity index is 3.02. The fourth-order valence-electron chi connectivity index (χ4n) is 1.34. The molecule has 92 valence electrons. The number of alkyl halides is 2. The van der Waals surface area contributed by atoms with Gasteiger partial charge in [0, 0.05) is 18.3 Å². The molecule has 0 spiro atoms. The molecule has 0 unspecified atom stereocenters. The van der Waals surface area contributed by atoms with Gasteiger partial charge in [0.1, 0.15) is 0 Å². The molecule has 6 heteroatoms. The fraction of sp³-hybridized carbons (Fsp3) is 0.273. The first-order valence-electron chi connectivity index (χ1n) is 4.88. The molecule has 0 bridgehead atoms. The van der Waals surface area contributed by atoms with E-state index in [1.165, 1.54) is 19.2 Å². The molecule has 0 saturated carbocycles. The van der Waals surface area contributed by atoms with Gasteiger partial charge in [-0.15, -0.1) is 0 Å². The van der Waals surface area contributed by atoms with Gasteiger partial charge in [0.15, 0.2) is 0 Å². The number of hydrogen-bond acceptors (Lipinski definition) is 2. The van der Waals surface area contributed by atoms with E-state index in [0.29, 0.717) is 11.1 Å². The summed E-state index contributed by atoms with van der Waals surface area (Å²) in [5, 5.41) is 4.49. The summed E-state index contributed by atoms with van der Waals surface area (Å²) in [5.74, 6) is -1.72. The lowest BCUT2D eigenvalue weighted by Crippen LogP contribution is -2.23. The molecule has 2 N–H and O–H groups in total. The summed E-state index contributed by atoms with van der Waals surface area (Å²) in [7, 11) is 1.46. The number of benzene rings is 1. The third-order valence-corrected chi connectivity index (χ3v) is 2.26. The molecule has 0 saturated heterocycles. The average Bonchev–Trinajstić information content (AvgIpc) is 2.30. The maximum atomic E-state index is 12.1. The molecule has 0 aliphatic carbocycles. The molecule has 2 amide bonds. The summed E-state index contributed by atoms with van der Waals surface area (Å²) in [5.41, 5.74) is 0.983. The van der Waals surface area contributed by atoms with Crippen LogP contribution in [0.4, 0.5) is 14.5 Å². The molecule has 0 aromatic heterocycles. The monoisotopic (exact) mass is 242 g/mol. The standard InChI is InChI=1S/C11H12F2N2O2/c1-6-7(10(16)14-2)4-3-5-8(6)15-11(17)9(12)13/h3-5,9H,1-2H3,(H,14,16)(H,15,17). The van der Waals surface area contributed by atoms with Gasteiger partial charge >= 0.3 is 6.43 Å². The molecule has 0 radical (unpaired) electrons. The van der Waals surface area contributed by atoms with Gasteiger partial charge in [-0.2, -0.15) is 8.78 Å². The highest BCUT2D eigenvalue weighted by molar-refractivity contribution is 5.99. The zero-order chi connectivity index (χ0) is 13.0. The predicted octanol–water partition coefficient (Wildman–Crippen LogP) is 1.56. The molecule has 1 rings (SSSR count). The summed E-state index contributed by atoms with van der Waals surface area (Å²) < 4.78 is 24.2. The van der Waals surface area contributed by atoms with Crippen LogP contribution in [0, 0.1) is 6.92 Å². The Labute approximate surface area is 97.0 Å². The number of carbonyl (C=O) groups excluding carboxylic acids is 2. The molecule has 17 heavy (non-hydrogen) atoms. The lowest BCUT2D eigenvalue weighted by atomic mass is 10.1. The van der Waals surface area contributed by atoms with Crippen molar-refractivity contribution in [1.82, 2.24) is 5.32 Å². The molecule has 1 aromatic carbocycles. The number of halogens is 2. The van der Waals surface area contributed by atoms with Gasteiger partial charge in [-0.1, -0.05) is 6.07 Å². The van der Waals surface area contributed by atoms with Crippen LogP contribution < -0.4 is 10.6 Å². The first-order valence-corrected chi connectivity index (χ1v) is 4.88. The second-order valence-corrected chi connectivity index (χ2v) is 3.35. The number of anilines is 1. The van der Waals surface area contributed by atoms with E-state index in [1.54, 1.807) is 13.0 Å². The van der Waals surface area contributed by atoms with Crippen LogP contribution in [0.25, 0.3) is 0 Å². The van der Waals surface area contributed by atoms with Gasteiger partial charge in [0.05, 0.1) is 0 Å². The number of nitrogens with one attached hydrogen (secondary N) is 2. The van der Waals surface area contributed by atoms with E-state index in [4.69, 9.17) is 0 Å². The van der Waals surface area contributed by atoms with Crippen LogP contribution in [0.5, 0.6) is 0 Å². The maximum absolute atomic E-state index is 12.1. The Morgan fingerprint density at radius 1 is 1.29 bits per heavy atom. The van der Waals surface area contributed by atoms with Crippen molar-refractivity contribution in [2.45, 2.75) is 13.3 Å². The van der Waals surface area contributed by atoms with Crippen LogP contribution in [-0.4, -0.2) is 25.3 Å². The first kappa shape index (κ1) is 13.1. The van der Waals surface area contributed by atoms with Gasteiger partial charge in [0.25, 0.3) is 11.8 Å². The Morgan fingerprint density at radius 3 is 2.47 bits per heavy atom. The number of amides is 2. The van der Waals surface area contributed by atoms with E-state index in [2.05, 4.69) is 10.6 Å². The lowest BCUT2D eigenvalue weighted by Gasteiger charge is -2.11. The van der Waals surface area contributed by atoms with Crippen molar-refractivity contribution < 1.29 is 18.4 Å². The zero-order valence-electron chi connectivity index (χ0n) is 9.38. The molecule has 4 nitrogen and oxygen atoms in total. The van der Waals surface area contributed by atoms with E-state index in [-0.39, 0.29) is 11.6 Å². The third-order valence-electron chi connectivity index (χ3n) is 2.26. The van der Waals surface area contributed by atoms with Crippen molar-refractivity contribution in [1.29, 1.82) is 0 Å². The van der Waals surface area contributed by atoms with E-state index in [1.807, 2.05) is 0 Å². The van der Waals surface area contributed by atoms with Crippen molar-refractivity contribution in [2.75, 3.05) is 12.4 Å². The molecule has 0 aliphatic heterocycles. The lowest BCUT2D eigenvalue weighted by molar-refractivity contribution is -0.126. The van der Waals surface area contributed by atoms with E-state index >= 15 is 0 Å². The van der Waals surface area contributed by atoms with Crippen molar-refractivity contribution in [3.63, 3.8) is 0 Å². The smallest absolute Gasteiger partial charge is 0.315 e. The van der Waals surface area contributed by atoms with Gasteiger partial charge in [0.2, 0.25) is 0 Å². The largest absolute Gasteiger partial charge is 0.355 e. The van der Waals surface area contributed by atoms with E-state index in [0.717, 1.165) is 0 Å². The normalized spacial score (nSPS) is 10.2. The van der Waals surface area contributed by atoms with Crippen molar-refractivity contribution in [2.24, 2.45) is 0 Å². The van der Waals surface area contributed by atoms with Gasteiger partial charge in [-0.3, -0.25) is 9.59 Å². The zero-order valence-corrected chi connectivity index (χ0v) is 9.38. The second kappa shape index (κ2) is 5.38. The highest BCUT2D eigenvalue weighted by atomic mass is 19.3.